The molecule has 0 aliphatic heterocycles. The first-order valence-electron chi connectivity index (χ1n) is 6.77. The van der Waals surface area contributed by atoms with Crippen LogP contribution in [0, 0.1) is 0 Å². The van der Waals surface area contributed by atoms with Crippen LogP contribution in [0.3, 0.4) is 0 Å². The van der Waals surface area contributed by atoms with Crippen LogP contribution >= 0.6 is 0 Å². The van der Waals surface area contributed by atoms with Crippen molar-refractivity contribution in [3.63, 3.8) is 0 Å². The number of aromatic nitrogens is 2. The lowest BCUT2D eigenvalue weighted by atomic mass is 10.1. The number of anilines is 2. The molecule has 3 rings (SSSR count). The molecule has 22 heavy (non-hydrogen) atoms. The van der Waals surface area contributed by atoms with Crippen LogP contribution < -0.4 is 16.8 Å². The van der Waals surface area contributed by atoms with E-state index in [1.165, 1.54) is 6.33 Å². The fraction of sp³-hybridized carbons (Fsp3) is 0.0625. The maximum Gasteiger partial charge on any atom is 0.250 e. The number of nitrogen functional groups attached to an aromatic ring is 1. The minimum atomic E-state index is -0.512. The molecule has 0 bridgehead atoms. The van der Waals surface area contributed by atoms with Gasteiger partial charge in [0.15, 0.2) is 0 Å². The smallest absolute Gasteiger partial charge is 0.250 e. The van der Waals surface area contributed by atoms with E-state index in [0.29, 0.717) is 29.1 Å². The van der Waals surface area contributed by atoms with E-state index < -0.39 is 5.91 Å². The number of hydrogen-bond donors (Lipinski definition) is 3. The third kappa shape index (κ3) is 2.54. The zero-order chi connectivity index (χ0) is 15.5. The fourth-order valence-corrected chi connectivity index (χ4v) is 2.30. The molecular formula is C16H15N5O. The second kappa shape index (κ2) is 5.69. The number of rotatable bonds is 4. The number of benzene rings is 2. The van der Waals surface area contributed by atoms with Crippen molar-refractivity contribution < 1.29 is 4.79 Å². The highest BCUT2D eigenvalue weighted by molar-refractivity contribution is 6.06. The average Bonchev–Trinajstić information content (AvgIpc) is 2.53. The van der Waals surface area contributed by atoms with Gasteiger partial charge in [-0.2, -0.15) is 0 Å². The van der Waals surface area contributed by atoms with Crippen LogP contribution in [0.25, 0.3) is 10.9 Å². The number of carbonyl (C=O) groups excluding carboxylic acids is 1. The van der Waals surface area contributed by atoms with E-state index in [4.69, 9.17) is 11.5 Å². The van der Waals surface area contributed by atoms with Crippen LogP contribution in [0.4, 0.5) is 11.5 Å². The molecule has 2 aromatic carbocycles. The van der Waals surface area contributed by atoms with Crippen LogP contribution in [0.5, 0.6) is 0 Å². The first kappa shape index (κ1) is 13.8. The van der Waals surface area contributed by atoms with Gasteiger partial charge in [0.05, 0.1) is 11.1 Å². The van der Waals surface area contributed by atoms with Crippen molar-refractivity contribution in [1.82, 2.24) is 9.97 Å². The van der Waals surface area contributed by atoms with Gasteiger partial charge in [-0.15, -0.1) is 0 Å². The molecule has 0 unspecified atom stereocenters. The van der Waals surface area contributed by atoms with Crippen LogP contribution in [-0.4, -0.2) is 15.9 Å². The van der Waals surface area contributed by atoms with Gasteiger partial charge in [0.2, 0.25) is 0 Å². The first-order valence-corrected chi connectivity index (χ1v) is 6.77. The summed E-state index contributed by atoms with van der Waals surface area (Å²) in [6.07, 6.45) is 1.41. The molecule has 1 amide bonds. The molecule has 0 aliphatic carbocycles. The molecular weight excluding hydrogens is 278 g/mol. The Balaban J connectivity index is 1.96. The summed E-state index contributed by atoms with van der Waals surface area (Å²) in [5.41, 5.74) is 13.9. The molecule has 0 saturated heterocycles. The molecule has 0 fully saturated rings. The Hall–Kier alpha value is -3.15. The number of nitrogens with two attached hydrogens (primary N) is 2. The topological polar surface area (TPSA) is 107 Å². The SMILES string of the molecule is NC(=O)c1cccc2c(NCc3ccccc3N)ncnc12. The number of nitrogens with zero attached hydrogens (tertiary/aromatic N) is 2. The molecule has 1 aromatic heterocycles. The zero-order valence-electron chi connectivity index (χ0n) is 11.8. The Morgan fingerprint density at radius 1 is 1.09 bits per heavy atom. The third-order valence-corrected chi connectivity index (χ3v) is 3.43. The van der Waals surface area contributed by atoms with Gasteiger partial charge in [-0.05, 0) is 23.8 Å². The molecule has 5 N–H and O–H groups in total. The van der Waals surface area contributed by atoms with Crippen molar-refractivity contribution >= 4 is 28.3 Å². The molecule has 3 aromatic rings. The lowest BCUT2D eigenvalue weighted by molar-refractivity contribution is 0.100. The summed E-state index contributed by atoms with van der Waals surface area (Å²) < 4.78 is 0. The van der Waals surface area contributed by atoms with E-state index >= 15 is 0 Å². The molecule has 1 heterocycles. The standard InChI is InChI=1S/C16H15N5O/c17-13-7-2-1-4-10(13)8-19-16-12-6-3-5-11(15(18)22)14(12)20-9-21-16/h1-7,9H,8,17H2,(H2,18,22)(H,19,20,21). The maximum atomic E-state index is 11.5. The van der Waals surface area contributed by atoms with Crippen LogP contribution in [0.15, 0.2) is 48.8 Å². The largest absolute Gasteiger partial charge is 0.398 e. The summed E-state index contributed by atoms with van der Waals surface area (Å²) in [5, 5.41) is 3.97. The number of nitrogens with one attached hydrogen (secondary N) is 1. The Labute approximate surface area is 127 Å². The van der Waals surface area contributed by atoms with Crippen LogP contribution in [-0.2, 0) is 6.54 Å². The number of primary amides is 1. The fourth-order valence-electron chi connectivity index (χ4n) is 2.30. The third-order valence-electron chi connectivity index (χ3n) is 3.43. The van der Waals surface area contributed by atoms with Crippen LogP contribution in [0.1, 0.15) is 15.9 Å². The van der Waals surface area contributed by atoms with E-state index in [0.717, 1.165) is 10.9 Å². The van der Waals surface area contributed by atoms with Gasteiger partial charge in [0, 0.05) is 17.6 Å². The van der Waals surface area contributed by atoms with E-state index in [9.17, 15) is 4.79 Å². The summed E-state index contributed by atoms with van der Waals surface area (Å²) >= 11 is 0. The molecule has 0 saturated carbocycles. The van der Waals surface area contributed by atoms with Crippen molar-refractivity contribution in [2.45, 2.75) is 6.54 Å². The van der Waals surface area contributed by atoms with Gasteiger partial charge >= 0.3 is 0 Å². The van der Waals surface area contributed by atoms with Gasteiger partial charge in [-0.25, -0.2) is 9.97 Å². The summed E-state index contributed by atoms with van der Waals surface area (Å²) in [5.74, 6) is 0.124. The van der Waals surface area contributed by atoms with Crippen molar-refractivity contribution in [1.29, 1.82) is 0 Å². The molecule has 6 nitrogen and oxygen atoms in total. The molecule has 0 radical (unpaired) electrons. The summed E-state index contributed by atoms with van der Waals surface area (Å²) in [6.45, 7) is 0.527. The predicted molar refractivity (Wildman–Crippen MR) is 86.2 cm³/mol. The lowest BCUT2D eigenvalue weighted by Crippen LogP contribution is -2.12. The highest BCUT2D eigenvalue weighted by Gasteiger charge is 2.11. The van der Waals surface area contributed by atoms with E-state index in [1.807, 2.05) is 30.3 Å². The molecule has 6 heteroatoms. The molecule has 0 atom stereocenters. The Kier molecular flexibility index (Phi) is 3.57. The maximum absolute atomic E-state index is 11.5. The molecule has 0 spiro atoms. The van der Waals surface area contributed by atoms with Gasteiger partial charge in [-0.1, -0.05) is 24.3 Å². The molecule has 0 aliphatic rings. The van der Waals surface area contributed by atoms with Crippen molar-refractivity contribution in [2.75, 3.05) is 11.1 Å². The highest BCUT2D eigenvalue weighted by atomic mass is 16.1. The lowest BCUT2D eigenvalue weighted by Gasteiger charge is -2.11. The monoisotopic (exact) mass is 293 g/mol. The number of carbonyl (C=O) groups is 1. The summed E-state index contributed by atoms with van der Waals surface area (Å²) in [4.78, 5) is 19.9. The van der Waals surface area contributed by atoms with Crippen molar-refractivity contribution in [2.24, 2.45) is 5.73 Å². The molecule has 110 valence electrons. The Morgan fingerprint density at radius 2 is 1.91 bits per heavy atom. The second-order valence-corrected chi connectivity index (χ2v) is 4.84. The minimum absolute atomic E-state index is 0.377. The average molecular weight is 293 g/mol. The summed E-state index contributed by atoms with van der Waals surface area (Å²) in [7, 11) is 0. The predicted octanol–water partition coefficient (Wildman–Crippen LogP) is 1.92. The van der Waals surface area contributed by atoms with Gasteiger partial charge in [0.25, 0.3) is 5.91 Å². The highest BCUT2D eigenvalue weighted by Crippen LogP contribution is 2.23. The van der Waals surface area contributed by atoms with Gasteiger partial charge in [-0.3, -0.25) is 4.79 Å². The number of amides is 1. The van der Waals surface area contributed by atoms with Crippen LogP contribution in [0.2, 0.25) is 0 Å². The van der Waals surface area contributed by atoms with Gasteiger partial charge < -0.3 is 16.8 Å². The Morgan fingerprint density at radius 3 is 2.68 bits per heavy atom. The van der Waals surface area contributed by atoms with Gasteiger partial charge in [0.1, 0.15) is 12.1 Å². The van der Waals surface area contributed by atoms with Crippen molar-refractivity contribution in [3.8, 4) is 0 Å². The van der Waals surface area contributed by atoms with E-state index in [1.54, 1.807) is 12.1 Å². The number of para-hydroxylation sites is 2. The number of hydrogen-bond acceptors (Lipinski definition) is 5. The normalized spacial score (nSPS) is 10.5. The zero-order valence-corrected chi connectivity index (χ0v) is 11.8. The first-order chi connectivity index (χ1) is 10.7. The van der Waals surface area contributed by atoms with E-state index in [2.05, 4.69) is 15.3 Å². The second-order valence-electron chi connectivity index (χ2n) is 4.84. The van der Waals surface area contributed by atoms with E-state index in [-0.39, 0.29) is 0 Å². The quantitative estimate of drug-likeness (QED) is 0.637. The number of fused-ring (bicyclic) bond motifs is 1. The Bertz CT molecular complexity index is 847. The summed E-state index contributed by atoms with van der Waals surface area (Å²) in [6, 6.07) is 12.9. The van der Waals surface area contributed by atoms with Crippen molar-refractivity contribution in [3.05, 3.63) is 59.9 Å². The minimum Gasteiger partial charge on any atom is -0.398 e.